The van der Waals surface area contributed by atoms with E-state index in [9.17, 15) is 23.9 Å². The molecule has 14 heteroatoms. The van der Waals surface area contributed by atoms with Crippen molar-refractivity contribution >= 4 is 50.7 Å². The molecule has 0 spiro atoms. The number of thiophene rings is 1. The summed E-state index contributed by atoms with van der Waals surface area (Å²) < 4.78 is 32.6. The number of nitrogens with one attached hydrogen (secondary N) is 2. The molecule has 0 radical (unpaired) electrons. The molecule has 0 aliphatic carbocycles. The molecule has 5 aromatic rings. The number of fused-ring (bicyclic) bond motifs is 1. The van der Waals surface area contributed by atoms with Crippen molar-refractivity contribution in [2.24, 2.45) is 5.41 Å². The number of likely N-dealkylation sites (tertiary alicyclic amines) is 2. The minimum atomic E-state index is -0.835. The van der Waals surface area contributed by atoms with Crippen LogP contribution in [0.4, 0.5) is 4.39 Å². The fourth-order valence-electron chi connectivity index (χ4n) is 8.41. The average Bonchev–Trinajstić information content (AvgIpc) is 3.91. The van der Waals surface area contributed by atoms with Crippen molar-refractivity contribution in [3.8, 4) is 27.7 Å². The lowest BCUT2D eigenvalue weighted by atomic mass is 9.85. The first kappa shape index (κ1) is 46.9. The maximum Gasteiger partial charge on any atom is 0.246 e. The summed E-state index contributed by atoms with van der Waals surface area (Å²) in [4.78, 5) is 45.2. The van der Waals surface area contributed by atoms with Crippen LogP contribution in [0.1, 0.15) is 76.5 Å². The Morgan fingerprint density at radius 2 is 1.58 bits per heavy atom. The van der Waals surface area contributed by atoms with Crippen LogP contribution in [0.3, 0.4) is 0 Å². The number of aromatic hydroxyl groups is 1. The zero-order valence-corrected chi connectivity index (χ0v) is 38.5. The van der Waals surface area contributed by atoms with Gasteiger partial charge >= 0.3 is 0 Å². The van der Waals surface area contributed by atoms with Gasteiger partial charge in [-0.25, -0.2) is 4.39 Å². The van der Waals surface area contributed by atoms with Gasteiger partial charge in [0.25, 0.3) is 0 Å². The molecule has 3 heterocycles. The van der Waals surface area contributed by atoms with Crippen molar-refractivity contribution in [3.63, 3.8) is 0 Å². The molecule has 2 saturated heterocycles. The molecule has 2 aliphatic heterocycles. The molecule has 2 aliphatic rings. The van der Waals surface area contributed by atoms with Crippen molar-refractivity contribution in [2.75, 3.05) is 52.6 Å². The van der Waals surface area contributed by atoms with Crippen LogP contribution < -0.4 is 15.4 Å². The topological polar surface area (TPSA) is 130 Å². The van der Waals surface area contributed by atoms with Crippen molar-refractivity contribution in [1.29, 1.82) is 0 Å². The number of benzene rings is 4. The minimum absolute atomic E-state index is 0.180. The second-order valence-corrected chi connectivity index (χ2v) is 19.2. The number of ether oxygens (including phenoxy) is 3. The first-order valence-corrected chi connectivity index (χ1v) is 23.3. The summed E-state index contributed by atoms with van der Waals surface area (Å²) in [6.07, 6.45) is 3.30. The zero-order valence-electron chi connectivity index (χ0n) is 36.9. The summed E-state index contributed by atoms with van der Waals surface area (Å²) >= 11 is 7.53. The van der Waals surface area contributed by atoms with E-state index >= 15 is 0 Å². The summed E-state index contributed by atoms with van der Waals surface area (Å²) in [5.74, 6) is 0.803. The van der Waals surface area contributed by atoms with E-state index in [1.807, 2.05) is 58.0 Å². The molecule has 3 N–H and O–H groups in total. The average molecular weight is 914 g/mol. The summed E-state index contributed by atoms with van der Waals surface area (Å²) in [6, 6.07) is 25.4. The van der Waals surface area contributed by atoms with Gasteiger partial charge < -0.3 is 39.8 Å². The maximum absolute atomic E-state index is 13.9. The van der Waals surface area contributed by atoms with Crippen molar-refractivity contribution in [3.05, 3.63) is 113 Å². The second-order valence-electron chi connectivity index (χ2n) is 17.7. The molecule has 1 aromatic heterocycles. The lowest BCUT2D eigenvalue weighted by Gasteiger charge is -2.35. The minimum Gasteiger partial charge on any atom is -0.508 e. The van der Waals surface area contributed by atoms with E-state index in [0.717, 1.165) is 58.6 Å². The lowest BCUT2D eigenvalue weighted by molar-refractivity contribution is -0.144. The Balaban J connectivity index is 0.801. The van der Waals surface area contributed by atoms with Crippen LogP contribution in [-0.2, 0) is 23.9 Å². The molecule has 0 bridgehead atoms. The normalized spacial score (nSPS) is 17.0. The molecule has 1 unspecified atom stereocenters. The Bertz CT molecular complexity index is 2360. The Morgan fingerprint density at radius 1 is 0.875 bits per heavy atom. The Labute approximate surface area is 383 Å². The molecule has 4 aromatic carbocycles. The van der Waals surface area contributed by atoms with E-state index < -0.39 is 23.4 Å². The fourth-order valence-corrected chi connectivity index (χ4v) is 9.71. The highest BCUT2D eigenvalue weighted by atomic mass is 35.5. The van der Waals surface area contributed by atoms with Gasteiger partial charge in [0.2, 0.25) is 17.7 Å². The number of carbonyl (C=O) groups excluding carboxylic acids is 3. The SMILES string of the molecule is C[C@H](NC(=O)[C@@H]1CCCN1C(=O)C(NC(=O)COCCOCCN1CCC(c2ccc(Oc3c(-c4ccc(F)cc4)sc4cc(O)ccc34)cc2)CC1)C(C)(C)C)c1ccc(Cl)cc1. The third kappa shape index (κ3) is 12.0. The molecule has 11 nitrogen and oxygen atoms in total. The Morgan fingerprint density at radius 3 is 2.28 bits per heavy atom. The molecule has 3 amide bonds. The van der Waals surface area contributed by atoms with Crippen LogP contribution in [0.2, 0.25) is 5.02 Å². The first-order chi connectivity index (χ1) is 30.7. The van der Waals surface area contributed by atoms with E-state index in [1.54, 1.807) is 41.3 Å². The third-order valence-electron chi connectivity index (χ3n) is 12.0. The number of halogens is 2. The van der Waals surface area contributed by atoms with Gasteiger partial charge in [0.05, 0.1) is 30.7 Å². The number of hydrogen-bond acceptors (Lipinski definition) is 9. The molecule has 340 valence electrons. The standard InChI is InChI=1S/C50H58ClFN4O7S/c1-32(33-7-13-37(51)14-8-33)53-48(59)42-6-5-23-56(42)49(60)47(50(2,3)4)54-44(58)31-62-29-28-61-27-26-55-24-21-35(22-25-55)34-11-18-40(19-12-34)63-45-41-20-17-39(57)30-43(41)64-46(45)36-9-15-38(52)16-10-36/h7-20,30,32,35,42,47,57H,5-6,21-29,31H2,1-4H3,(H,53,59)(H,54,58)/t32-,42-,47?/m0/s1. The quantitative estimate of drug-likeness (QED) is 0.0788. The fraction of sp³-hybridized carbons (Fsp3) is 0.420. The van der Waals surface area contributed by atoms with Crippen LogP contribution >= 0.6 is 22.9 Å². The highest BCUT2D eigenvalue weighted by molar-refractivity contribution is 7.22. The van der Waals surface area contributed by atoms with Gasteiger partial charge in [0.1, 0.15) is 36.0 Å². The number of phenolic OH excluding ortho intramolecular Hbond substituents is 1. The Hall–Kier alpha value is -5.05. The van der Waals surface area contributed by atoms with Gasteiger partial charge in [-0.15, -0.1) is 11.3 Å². The number of hydrogen-bond donors (Lipinski definition) is 3. The first-order valence-electron chi connectivity index (χ1n) is 22.1. The van der Waals surface area contributed by atoms with Gasteiger partial charge in [-0.05, 0) is 128 Å². The molecular formula is C50H58ClFN4O7S. The molecule has 3 atom stereocenters. The number of nitrogens with zero attached hydrogens (tertiary/aromatic N) is 2. The van der Waals surface area contributed by atoms with Gasteiger partial charge in [-0.3, -0.25) is 14.4 Å². The summed E-state index contributed by atoms with van der Waals surface area (Å²) in [6.45, 7) is 11.6. The van der Waals surface area contributed by atoms with Gasteiger partial charge in [0.15, 0.2) is 5.75 Å². The maximum atomic E-state index is 13.9. The summed E-state index contributed by atoms with van der Waals surface area (Å²) in [5, 5.41) is 17.5. The Kier molecular flexibility index (Phi) is 15.6. The van der Waals surface area contributed by atoms with E-state index in [4.69, 9.17) is 25.8 Å². The van der Waals surface area contributed by atoms with Crippen LogP contribution in [-0.4, -0.2) is 97.3 Å². The highest BCUT2D eigenvalue weighted by Gasteiger charge is 2.42. The lowest BCUT2D eigenvalue weighted by Crippen LogP contribution is -2.58. The molecule has 0 saturated carbocycles. The predicted octanol–water partition coefficient (Wildman–Crippen LogP) is 9.47. The van der Waals surface area contributed by atoms with E-state index in [2.05, 4.69) is 27.7 Å². The summed E-state index contributed by atoms with van der Waals surface area (Å²) in [7, 11) is 0. The number of piperidine rings is 1. The monoisotopic (exact) mass is 912 g/mol. The van der Waals surface area contributed by atoms with Crippen molar-refractivity contribution in [1.82, 2.24) is 20.4 Å². The van der Waals surface area contributed by atoms with Crippen molar-refractivity contribution in [2.45, 2.75) is 77.4 Å². The second kappa shape index (κ2) is 21.3. The van der Waals surface area contributed by atoms with Gasteiger partial charge in [-0.2, -0.15) is 0 Å². The van der Waals surface area contributed by atoms with E-state index in [-0.39, 0.29) is 42.6 Å². The van der Waals surface area contributed by atoms with Gasteiger partial charge in [0, 0.05) is 28.2 Å². The largest absolute Gasteiger partial charge is 0.508 e. The molecule has 2 fully saturated rings. The van der Waals surface area contributed by atoms with Crippen LogP contribution in [0.5, 0.6) is 17.2 Å². The number of rotatable bonds is 17. The van der Waals surface area contributed by atoms with E-state index in [1.165, 1.54) is 29.0 Å². The van der Waals surface area contributed by atoms with Crippen LogP contribution in [0, 0.1) is 11.2 Å². The van der Waals surface area contributed by atoms with Crippen LogP contribution in [0.25, 0.3) is 20.5 Å². The molecule has 7 rings (SSSR count). The highest BCUT2D eigenvalue weighted by Crippen LogP contribution is 2.47. The number of amides is 3. The number of phenols is 1. The van der Waals surface area contributed by atoms with Crippen molar-refractivity contribution < 1.29 is 38.1 Å². The smallest absolute Gasteiger partial charge is 0.246 e. The molecular weight excluding hydrogens is 855 g/mol. The number of carbonyl (C=O) groups is 3. The van der Waals surface area contributed by atoms with E-state index in [0.29, 0.717) is 55.0 Å². The third-order valence-corrected chi connectivity index (χ3v) is 13.5. The van der Waals surface area contributed by atoms with Gasteiger partial charge in [-0.1, -0.05) is 68.8 Å². The summed E-state index contributed by atoms with van der Waals surface area (Å²) in [5.41, 5.74) is 2.43. The zero-order chi connectivity index (χ0) is 45.4. The predicted molar refractivity (Wildman–Crippen MR) is 250 cm³/mol. The molecule has 64 heavy (non-hydrogen) atoms. The van der Waals surface area contributed by atoms with Crippen LogP contribution in [0.15, 0.2) is 91.0 Å².